The fourth-order valence-corrected chi connectivity index (χ4v) is 3.73. The molecule has 0 bridgehead atoms. The summed E-state index contributed by atoms with van der Waals surface area (Å²) in [7, 11) is 0. The van der Waals surface area contributed by atoms with Crippen LogP contribution < -0.4 is 5.32 Å². The summed E-state index contributed by atoms with van der Waals surface area (Å²) in [5, 5.41) is 13.1. The van der Waals surface area contributed by atoms with Crippen LogP contribution in [-0.4, -0.2) is 29.6 Å². The standard InChI is InChI=1S/C16H31NO2/c1-3-4-5-6-7-9-14-10-8-11-16(14)17-15(2,12-18)13-19-16/h14,17-18H,3-13H2,1-2H3. The molecule has 0 aromatic rings. The number of aliphatic hydroxyl groups excluding tert-OH is 1. The minimum atomic E-state index is -0.231. The van der Waals surface area contributed by atoms with Gasteiger partial charge in [0.25, 0.3) is 0 Å². The molecule has 1 aliphatic heterocycles. The summed E-state index contributed by atoms with van der Waals surface area (Å²) in [5.74, 6) is 0.641. The first-order chi connectivity index (χ1) is 9.14. The van der Waals surface area contributed by atoms with Crippen molar-refractivity contribution in [3.8, 4) is 0 Å². The van der Waals surface area contributed by atoms with E-state index in [2.05, 4.69) is 19.2 Å². The molecule has 3 unspecified atom stereocenters. The monoisotopic (exact) mass is 269 g/mol. The predicted octanol–water partition coefficient (Wildman–Crippen LogP) is 3.21. The Morgan fingerprint density at radius 1 is 1.26 bits per heavy atom. The molecule has 1 aliphatic carbocycles. The summed E-state index contributed by atoms with van der Waals surface area (Å²) in [5.41, 5.74) is -0.354. The molecule has 112 valence electrons. The molecule has 3 nitrogen and oxygen atoms in total. The first kappa shape index (κ1) is 15.3. The molecule has 0 radical (unpaired) electrons. The van der Waals surface area contributed by atoms with Crippen LogP contribution in [0.2, 0.25) is 0 Å². The number of rotatable bonds is 7. The molecule has 0 amide bonds. The van der Waals surface area contributed by atoms with Crippen LogP contribution in [0, 0.1) is 5.92 Å². The van der Waals surface area contributed by atoms with Gasteiger partial charge in [-0.3, -0.25) is 5.32 Å². The Morgan fingerprint density at radius 3 is 2.74 bits per heavy atom. The van der Waals surface area contributed by atoms with E-state index in [4.69, 9.17) is 4.74 Å². The molecule has 1 spiro atoms. The zero-order valence-corrected chi connectivity index (χ0v) is 12.7. The van der Waals surface area contributed by atoms with Crippen LogP contribution in [0.3, 0.4) is 0 Å². The average molecular weight is 269 g/mol. The minimum Gasteiger partial charge on any atom is -0.394 e. The molecule has 3 atom stereocenters. The summed E-state index contributed by atoms with van der Waals surface area (Å²) in [6.07, 6.45) is 11.7. The van der Waals surface area contributed by atoms with E-state index in [-0.39, 0.29) is 17.9 Å². The number of nitrogens with one attached hydrogen (secondary N) is 1. The molecule has 1 saturated carbocycles. The van der Waals surface area contributed by atoms with Crippen LogP contribution in [0.15, 0.2) is 0 Å². The zero-order valence-electron chi connectivity index (χ0n) is 12.7. The van der Waals surface area contributed by atoms with Gasteiger partial charge in [-0.25, -0.2) is 0 Å². The van der Waals surface area contributed by atoms with Crippen molar-refractivity contribution in [3.05, 3.63) is 0 Å². The van der Waals surface area contributed by atoms with E-state index in [0.29, 0.717) is 12.5 Å². The van der Waals surface area contributed by atoms with Gasteiger partial charge in [0.05, 0.1) is 18.8 Å². The fraction of sp³-hybridized carbons (Fsp3) is 1.00. The van der Waals surface area contributed by atoms with E-state index in [9.17, 15) is 5.11 Å². The number of ether oxygens (including phenoxy) is 1. The van der Waals surface area contributed by atoms with Crippen molar-refractivity contribution < 1.29 is 9.84 Å². The quantitative estimate of drug-likeness (QED) is 0.697. The second-order valence-electron chi connectivity index (χ2n) is 6.81. The fourth-order valence-electron chi connectivity index (χ4n) is 3.73. The average Bonchev–Trinajstić information content (AvgIpc) is 2.96. The third kappa shape index (κ3) is 3.50. The highest BCUT2D eigenvalue weighted by Gasteiger charge is 2.52. The Hall–Kier alpha value is -0.120. The second-order valence-corrected chi connectivity index (χ2v) is 6.81. The lowest BCUT2D eigenvalue weighted by Gasteiger charge is -2.33. The van der Waals surface area contributed by atoms with Gasteiger partial charge in [0.15, 0.2) is 0 Å². The van der Waals surface area contributed by atoms with Gasteiger partial charge < -0.3 is 9.84 Å². The Balaban J connectivity index is 1.81. The van der Waals surface area contributed by atoms with Crippen molar-refractivity contribution in [2.75, 3.05) is 13.2 Å². The molecule has 1 saturated heterocycles. The van der Waals surface area contributed by atoms with Crippen molar-refractivity contribution in [2.24, 2.45) is 5.92 Å². The van der Waals surface area contributed by atoms with Crippen molar-refractivity contribution in [1.82, 2.24) is 5.32 Å². The minimum absolute atomic E-state index is 0.123. The van der Waals surface area contributed by atoms with E-state index >= 15 is 0 Å². The largest absolute Gasteiger partial charge is 0.394 e. The van der Waals surface area contributed by atoms with Crippen molar-refractivity contribution in [3.63, 3.8) is 0 Å². The van der Waals surface area contributed by atoms with Crippen LogP contribution in [0.1, 0.15) is 71.6 Å². The van der Waals surface area contributed by atoms with E-state index < -0.39 is 0 Å². The number of hydrogen-bond acceptors (Lipinski definition) is 3. The number of hydrogen-bond donors (Lipinski definition) is 2. The Kier molecular flexibility index (Phi) is 5.27. The summed E-state index contributed by atoms with van der Waals surface area (Å²) in [4.78, 5) is 0. The third-order valence-electron chi connectivity index (χ3n) is 4.93. The summed E-state index contributed by atoms with van der Waals surface area (Å²) < 4.78 is 6.13. The van der Waals surface area contributed by atoms with Crippen LogP contribution >= 0.6 is 0 Å². The Labute approximate surface area is 118 Å². The van der Waals surface area contributed by atoms with Crippen molar-refractivity contribution in [2.45, 2.75) is 82.9 Å². The Morgan fingerprint density at radius 2 is 2.05 bits per heavy atom. The number of unbranched alkanes of at least 4 members (excludes halogenated alkanes) is 4. The molecule has 2 N–H and O–H groups in total. The molecule has 2 fully saturated rings. The Bertz CT molecular complexity index is 284. The second kappa shape index (κ2) is 6.55. The maximum Gasteiger partial charge on any atom is 0.122 e. The normalized spacial score (nSPS) is 38.4. The van der Waals surface area contributed by atoms with Gasteiger partial charge in [-0.2, -0.15) is 0 Å². The first-order valence-corrected chi connectivity index (χ1v) is 8.18. The third-order valence-corrected chi connectivity index (χ3v) is 4.93. The van der Waals surface area contributed by atoms with Gasteiger partial charge in [0.2, 0.25) is 0 Å². The van der Waals surface area contributed by atoms with Crippen LogP contribution in [0.4, 0.5) is 0 Å². The van der Waals surface area contributed by atoms with Crippen LogP contribution in [0.5, 0.6) is 0 Å². The molecule has 2 aliphatic rings. The van der Waals surface area contributed by atoms with Gasteiger partial charge in [0, 0.05) is 5.92 Å². The lowest BCUT2D eigenvalue weighted by molar-refractivity contribution is -0.0437. The molecule has 3 heteroatoms. The lowest BCUT2D eigenvalue weighted by Crippen LogP contribution is -2.53. The predicted molar refractivity (Wildman–Crippen MR) is 78.0 cm³/mol. The van der Waals surface area contributed by atoms with Gasteiger partial charge in [-0.1, -0.05) is 39.0 Å². The summed E-state index contributed by atoms with van der Waals surface area (Å²) >= 11 is 0. The van der Waals surface area contributed by atoms with Crippen molar-refractivity contribution in [1.29, 1.82) is 0 Å². The highest BCUT2D eigenvalue weighted by atomic mass is 16.5. The summed E-state index contributed by atoms with van der Waals surface area (Å²) in [6, 6.07) is 0. The van der Waals surface area contributed by atoms with E-state index in [0.717, 1.165) is 6.42 Å². The molecule has 19 heavy (non-hydrogen) atoms. The number of aliphatic hydroxyl groups is 1. The van der Waals surface area contributed by atoms with E-state index in [1.54, 1.807) is 0 Å². The van der Waals surface area contributed by atoms with Gasteiger partial charge in [0.1, 0.15) is 5.72 Å². The SMILES string of the molecule is CCCCCCCC1CCCC12NC(C)(CO)CO2. The highest BCUT2D eigenvalue weighted by Crippen LogP contribution is 2.44. The highest BCUT2D eigenvalue weighted by molar-refractivity contribution is 5.03. The maximum absolute atomic E-state index is 9.49. The molecule has 0 aromatic heterocycles. The smallest absolute Gasteiger partial charge is 0.122 e. The van der Waals surface area contributed by atoms with Gasteiger partial charge in [-0.15, -0.1) is 0 Å². The lowest BCUT2D eigenvalue weighted by atomic mass is 9.91. The molecular weight excluding hydrogens is 238 g/mol. The van der Waals surface area contributed by atoms with Gasteiger partial charge in [-0.05, 0) is 32.6 Å². The molecular formula is C16H31NO2. The van der Waals surface area contributed by atoms with Crippen molar-refractivity contribution >= 4 is 0 Å². The van der Waals surface area contributed by atoms with Gasteiger partial charge >= 0.3 is 0 Å². The van der Waals surface area contributed by atoms with Crippen LogP contribution in [-0.2, 0) is 4.74 Å². The van der Waals surface area contributed by atoms with Crippen LogP contribution in [0.25, 0.3) is 0 Å². The van der Waals surface area contributed by atoms with E-state index in [1.165, 1.54) is 51.4 Å². The molecule has 1 heterocycles. The van der Waals surface area contributed by atoms with E-state index in [1.807, 2.05) is 0 Å². The zero-order chi connectivity index (χ0) is 13.8. The molecule has 0 aromatic carbocycles. The summed E-state index contributed by atoms with van der Waals surface area (Å²) in [6.45, 7) is 5.14. The molecule has 2 rings (SSSR count). The first-order valence-electron chi connectivity index (χ1n) is 8.18. The topological polar surface area (TPSA) is 41.5 Å². The maximum atomic E-state index is 9.49.